The number of carbonyl (C=O) groups excluding carboxylic acids is 3. The van der Waals surface area contributed by atoms with E-state index in [0.29, 0.717) is 22.8 Å². The third kappa shape index (κ3) is 6.25. The lowest BCUT2D eigenvalue weighted by Gasteiger charge is -2.27. The number of para-hydroxylation sites is 1. The van der Waals surface area contributed by atoms with E-state index < -0.39 is 24.0 Å². The number of nitrogens with zero attached hydrogens (tertiary/aromatic N) is 2. The Hall–Kier alpha value is -5.58. The first kappa shape index (κ1) is 28.0. The quantitative estimate of drug-likeness (QED) is 0.210. The summed E-state index contributed by atoms with van der Waals surface area (Å²) in [5, 5.41) is 9.94. The van der Waals surface area contributed by atoms with Crippen molar-refractivity contribution in [3.63, 3.8) is 0 Å². The fraction of sp³-hybridized carbons (Fsp3) is 0.161. The number of benzene rings is 2. The van der Waals surface area contributed by atoms with Gasteiger partial charge in [0, 0.05) is 23.4 Å². The molecule has 4 aromatic rings. The lowest BCUT2D eigenvalue weighted by atomic mass is 10.0. The standard InChI is InChI=1S/C31H28N4O7/c1-3-40-30(37)27-24(32-31(38)33-29(27)25-10-7-17-41-25)19-42-26(36)16-13-21-18-35(22-8-5-4-6-9-22)34-28(21)20-11-14-23(39-2)15-12-20/h4-18,29H,3,19H2,1-2H3,(H2,32,33,38)/b16-13+. The van der Waals surface area contributed by atoms with E-state index in [0.717, 1.165) is 11.3 Å². The van der Waals surface area contributed by atoms with E-state index in [1.54, 1.807) is 43.1 Å². The largest absolute Gasteiger partial charge is 0.497 e. The highest BCUT2D eigenvalue weighted by atomic mass is 16.5. The van der Waals surface area contributed by atoms with Crippen molar-refractivity contribution >= 4 is 24.0 Å². The smallest absolute Gasteiger partial charge is 0.338 e. The number of ether oxygens (including phenoxy) is 3. The molecule has 0 fully saturated rings. The summed E-state index contributed by atoms with van der Waals surface area (Å²) >= 11 is 0. The predicted molar refractivity (Wildman–Crippen MR) is 152 cm³/mol. The molecule has 5 rings (SSSR count). The van der Waals surface area contributed by atoms with Crippen molar-refractivity contribution in [1.82, 2.24) is 20.4 Å². The zero-order valence-corrected chi connectivity index (χ0v) is 22.9. The van der Waals surface area contributed by atoms with Crippen LogP contribution in [0.5, 0.6) is 5.75 Å². The second-order valence-corrected chi connectivity index (χ2v) is 9.04. The summed E-state index contributed by atoms with van der Waals surface area (Å²) in [5.41, 5.74) is 3.15. The molecule has 1 aliphatic rings. The SMILES string of the molecule is CCOC(=O)C1=C(COC(=O)/C=C/c2cn(-c3ccccc3)nc2-c2ccc(OC)cc2)NC(=O)NC1c1ccco1. The van der Waals surface area contributed by atoms with Gasteiger partial charge in [0.25, 0.3) is 0 Å². The minimum absolute atomic E-state index is 0.0779. The Labute approximate surface area is 241 Å². The van der Waals surface area contributed by atoms with E-state index in [4.69, 9.17) is 23.7 Å². The summed E-state index contributed by atoms with van der Waals surface area (Å²) in [4.78, 5) is 38.0. The Bertz CT molecular complexity index is 1620. The van der Waals surface area contributed by atoms with Gasteiger partial charge in [0.05, 0.1) is 42.6 Å². The molecule has 0 spiro atoms. The normalized spacial score (nSPS) is 14.8. The lowest BCUT2D eigenvalue weighted by Crippen LogP contribution is -2.47. The molecule has 0 radical (unpaired) electrons. The van der Waals surface area contributed by atoms with Gasteiger partial charge in [0.2, 0.25) is 0 Å². The van der Waals surface area contributed by atoms with Crippen LogP contribution in [-0.4, -0.2) is 48.1 Å². The minimum Gasteiger partial charge on any atom is -0.497 e. The van der Waals surface area contributed by atoms with E-state index in [1.807, 2.05) is 54.6 Å². The van der Waals surface area contributed by atoms with E-state index in [1.165, 1.54) is 12.3 Å². The highest BCUT2D eigenvalue weighted by molar-refractivity contribution is 5.95. The number of methoxy groups -OCH3 is 1. The highest BCUT2D eigenvalue weighted by Gasteiger charge is 2.35. The van der Waals surface area contributed by atoms with Crippen LogP contribution in [0.15, 0.2) is 101 Å². The average molecular weight is 569 g/mol. The van der Waals surface area contributed by atoms with Gasteiger partial charge in [-0.2, -0.15) is 5.10 Å². The van der Waals surface area contributed by atoms with Crippen LogP contribution in [0.2, 0.25) is 0 Å². The lowest BCUT2D eigenvalue weighted by molar-refractivity contribution is -0.140. The number of furan rings is 1. The Kier molecular flexibility index (Phi) is 8.47. The monoisotopic (exact) mass is 568 g/mol. The Morgan fingerprint density at radius 3 is 2.52 bits per heavy atom. The van der Waals surface area contributed by atoms with Crippen LogP contribution < -0.4 is 15.4 Å². The van der Waals surface area contributed by atoms with Crippen molar-refractivity contribution < 1.29 is 33.0 Å². The van der Waals surface area contributed by atoms with Crippen LogP contribution in [0.1, 0.15) is 24.3 Å². The van der Waals surface area contributed by atoms with Crippen molar-refractivity contribution in [1.29, 1.82) is 0 Å². The molecular formula is C31H28N4O7. The molecule has 11 nitrogen and oxygen atoms in total. The number of hydrogen-bond donors (Lipinski definition) is 2. The predicted octanol–water partition coefficient (Wildman–Crippen LogP) is 4.57. The van der Waals surface area contributed by atoms with Gasteiger partial charge in [-0.25, -0.2) is 19.1 Å². The van der Waals surface area contributed by atoms with E-state index in [2.05, 4.69) is 10.6 Å². The number of aromatic nitrogens is 2. The average Bonchev–Trinajstić information content (AvgIpc) is 3.70. The zero-order chi connectivity index (χ0) is 29.5. The summed E-state index contributed by atoms with van der Waals surface area (Å²) in [6.45, 7) is 1.40. The van der Waals surface area contributed by atoms with Crippen molar-refractivity contribution in [2.75, 3.05) is 20.3 Å². The maximum Gasteiger partial charge on any atom is 0.338 e. The van der Waals surface area contributed by atoms with E-state index >= 15 is 0 Å². The molecule has 11 heteroatoms. The van der Waals surface area contributed by atoms with Crippen LogP contribution in [0.4, 0.5) is 4.79 Å². The van der Waals surface area contributed by atoms with E-state index in [9.17, 15) is 14.4 Å². The van der Waals surface area contributed by atoms with Gasteiger partial charge in [0.15, 0.2) is 0 Å². The Morgan fingerprint density at radius 1 is 1.05 bits per heavy atom. The van der Waals surface area contributed by atoms with Crippen LogP contribution >= 0.6 is 0 Å². The van der Waals surface area contributed by atoms with Gasteiger partial charge in [-0.1, -0.05) is 18.2 Å². The minimum atomic E-state index is -0.909. The molecule has 1 unspecified atom stereocenters. The van der Waals surface area contributed by atoms with Crippen LogP contribution in [0.3, 0.4) is 0 Å². The van der Waals surface area contributed by atoms with Gasteiger partial charge < -0.3 is 29.3 Å². The molecule has 0 aliphatic carbocycles. The number of carbonyl (C=O) groups is 3. The number of esters is 2. The molecule has 1 atom stereocenters. The number of nitrogens with one attached hydrogen (secondary N) is 2. The van der Waals surface area contributed by atoms with Crippen molar-refractivity contribution in [3.8, 4) is 22.7 Å². The van der Waals surface area contributed by atoms with Crippen LogP contribution in [0.25, 0.3) is 23.0 Å². The van der Waals surface area contributed by atoms with Gasteiger partial charge in [-0.3, -0.25) is 0 Å². The first-order valence-corrected chi connectivity index (χ1v) is 13.1. The number of hydrogen-bond acceptors (Lipinski definition) is 8. The third-order valence-electron chi connectivity index (χ3n) is 6.36. The Morgan fingerprint density at radius 2 is 1.83 bits per heavy atom. The maximum atomic E-state index is 12.8. The van der Waals surface area contributed by atoms with Crippen molar-refractivity contribution in [2.45, 2.75) is 13.0 Å². The van der Waals surface area contributed by atoms with Gasteiger partial charge in [-0.15, -0.1) is 0 Å². The second kappa shape index (κ2) is 12.7. The molecule has 2 N–H and O–H groups in total. The molecule has 2 amide bonds. The van der Waals surface area contributed by atoms with E-state index in [-0.39, 0.29) is 24.5 Å². The number of rotatable bonds is 10. The maximum absolute atomic E-state index is 12.8. The second-order valence-electron chi connectivity index (χ2n) is 9.04. The van der Waals surface area contributed by atoms with Crippen molar-refractivity contribution in [2.24, 2.45) is 0 Å². The molecule has 0 bridgehead atoms. The summed E-state index contributed by atoms with van der Waals surface area (Å²) in [7, 11) is 1.59. The van der Waals surface area contributed by atoms with Crippen LogP contribution in [-0.2, 0) is 19.1 Å². The molecule has 2 aromatic carbocycles. The molecule has 0 saturated carbocycles. The first-order chi connectivity index (χ1) is 20.5. The summed E-state index contributed by atoms with van der Waals surface area (Å²) in [5.74, 6) is -0.331. The molecule has 214 valence electrons. The summed E-state index contributed by atoms with van der Waals surface area (Å²) < 4.78 is 23.0. The molecule has 1 aliphatic heterocycles. The number of amides is 2. The molecule has 3 heterocycles. The van der Waals surface area contributed by atoms with Crippen LogP contribution in [0, 0.1) is 0 Å². The highest BCUT2D eigenvalue weighted by Crippen LogP contribution is 2.29. The molecule has 0 saturated heterocycles. The van der Waals surface area contributed by atoms with Gasteiger partial charge >= 0.3 is 18.0 Å². The van der Waals surface area contributed by atoms with Gasteiger partial charge in [0.1, 0.15) is 24.2 Å². The van der Waals surface area contributed by atoms with Gasteiger partial charge in [-0.05, 0) is 61.5 Å². The fourth-order valence-electron chi connectivity index (χ4n) is 4.40. The first-order valence-electron chi connectivity index (χ1n) is 13.1. The Balaban J connectivity index is 1.39. The fourth-order valence-corrected chi connectivity index (χ4v) is 4.40. The summed E-state index contributed by atoms with van der Waals surface area (Å²) in [6, 6.07) is 18.8. The topological polar surface area (TPSA) is 134 Å². The van der Waals surface area contributed by atoms with Crippen molar-refractivity contribution in [3.05, 3.63) is 108 Å². The molecule has 42 heavy (non-hydrogen) atoms. The zero-order valence-electron chi connectivity index (χ0n) is 22.9. The summed E-state index contributed by atoms with van der Waals surface area (Å²) in [6.07, 6.45) is 6.09. The molecular weight excluding hydrogens is 540 g/mol. The number of urea groups is 1. The third-order valence-corrected chi connectivity index (χ3v) is 6.36. The molecule has 2 aromatic heterocycles.